The van der Waals surface area contributed by atoms with Crippen LogP contribution in [0.5, 0.6) is 0 Å². The number of hydrogen-bond acceptors (Lipinski definition) is 4. The Kier molecular flexibility index (Phi) is 5.78. The summed E-state index contributed by atoms with van der Waals surface area (Å²) in [6.07, 6.45) is 2.04. The summed E-state index contributed by atoms with van der Waals surface area (Å²) in [5.41, 5.74) is 7.41. The summed E-state index contributed by atoms with van der Waals surface area (Å²) in [4.78, 5) is 30.9. The highest BCUT2D eigenvalue weighted by Crippen LogP contribution is 2.39. The zero-order chi connectivity index (χ0) is 20.1. The molecule has 6 heteroatoms. The maximum Gasteiger partial charge on any atom is 0.266 e. The van der Waals surface area contributed by atoms with Gasteiger partial charge in [-0.05, 0) is 29.5 Å². The zero-order valence-electron chi connectivity index (χ0n) is 16.3. The molecule has 0 bridgehead atoms. The lowest BCUT2D eigenvalue weighted by molar-refractivity contribution is -0.129. The van der Waals surface area contributed by atoms with Gasteiger partial charge in [-0.1, -0.05) is 61.5 Å². The molecule has 0 aromatic heterocycles. The number of aliphatic imine (C=N–C) groups is 1. The number of hydrogen-bond donors (Lipinski definition) is 2. The summed E-state index contributed by atoms with van der Waals surface area (Å²) in [6.45, 7) is 2.54. The molecule has 0 aliphatic carbocycles. The van der Waals surface area contributed by atoms with Crippen molar-refractivity contribution in [1.29, 1.82) is 0 Å². The van der Waals surface area contributed by atoms with Gasteiger partial charge in [-0.3, -0.25) is 14.5 Å². The molecule has 0 spiro atoms. The third-order valence-electron chi connectivity index (χ3n) is 4.99. The number of carbonyl (C=O) groups is 2. The topological polar surface area (TPSA) is 87.8 Å². The fraction of sp³-hybridized carbons (Fsp3) is 0.318. The Balaban J connectivity index is 1.93. The average Bonchev–Trinajstić information content (AvgIpc) is 2.94. The molecule has 3 rings (SSSR count). The maximum atomic E-state index is 13.2. The van der Waals surface area contributed by atoms with Crippen LogP contribution in [0.4, 0.5) is 0 Å². The Morgan fingerprint density at radius 1 is 1.14 bits per heavy atom. The molecule has 2 aromatic rings. The van der Waals surface area contributed by atoms with Crippen molar-refractivity contribution in [3.05, 3.63) is 71.3 Å². The van der Waals surface area contributed by atoms with Gasteiger partial charge in [0, 0.05) is 20.0 Å². The molecule has 1 heterocycles. The molecule has 1 atom stereocenters. The van der Waals surface area contributed by atoms with E-state index in [2.05, 4.69) is 10.3 Å². The van der Waals surface area contributed by atoms with E-state index in [1.54, 1.807) is 7.05 Å². The fourth-order valence-corrected chi connectivity index (χ4v) is 3.48. The summed E-state index contributed by atoms with van der Waals surface area (Å²) in [6, 6.07) is 17.3. The molecule has 28 heavy (non-hydrogen) atoms. The average molecular weight is 378 g/mol. The first kappa shape index (κ1) is 19.6. The third kappa shape index (κ3) is 3.63. The van der Waals surface area contributed by atoms with E-state index in [1.165, 1.54) is 4.90 Å². The predicted octanol–water partition coefficient (Wildman–Crippen LogP) is 2.18. The van der Waals surface area contributed by atoms with Crippen molar-refractivity contribution in [2.45, 2.75) is 31.7 Å². The van der Waals surface area contributed by atoms with Crippen molar-refractivity contribution in [3.8, 4) is 0 Å². The highest BCUT2D eigenvalue weighted by atomic mass is 16.2. The number of nitrogens with zero attached hydrogens (tertiary/aromatic N) is 2. The minimum absolute atomic E-state index is 0.0596. The standard InChI is InChI=1S/C22H26N4O2/c1-3-8-19(27)24-14-13-16-9-7-12-18(15-16)22(17-10-5-4-6-11-17)20(28)26(2)21(23)25-22/h4-7,9-12,15H,3,8,13-14H2,1-2H3,(H2,23,25)(H,24,27). The summed E-state index contributed by atoms with van der Waals surface area (Å²) in [5, 5.41) is 2.92. The number of nitrogens with one attached hydrogen (secondary N) is 1. The number of rotatable bonds is 7. The summed E-state index contributed by atoms with van der Waals surface area (Å²) >= 11 is 0. The van der Waals surface area contributed by atoms with Crippen molar-refractivity contribution in [2.24, 2.45) is 10.7 Å². The Bertz CT molecular complexity index is 894. The van der Waals surface area contributed by atoms with E-state index in [4.69, 9.17) is 5.73 Å². The summed E-state index contributed by atoms with van der Waals surface area (Å²) in [5.74, 6) is 0.0834. The molecule has 0 saturated heterocycles. The quantitative estimate of drug-likeness (QED) is 0.774. The van der Waals surface area contributed by atoms with E-state index in [0.717, 1.165) is 23.1 Å². The second-order valence-corrected chi connectivity index (χ2v) is 6.96. The van der Waals surface area contributed by atoms with Gasteiger partial charge in [-0.15, -0.1) is 0 Å². The van der Waals surface area contributed by atoms with E-state index in [1.807, 2.05) is 61.5 Å². The molecule has 2 aromatic carbocycles. The molecule has 1 aliphatic rings. The largest absolute Gasteiger partial charge is 0.369 e. The van der Waals surface area contributed by atoms with E-state index in [9.17, 15) is 9.59 Å². The van der Waals surface area contributed by atoms with Gasteiger partial charge in [0.1, 0.15) is 0 Å². The first-order valence-electron chi connectivity index (χ1n) is 9.54. The minimum atomic E-state index is -1.18. The smallest absolute Gasteiger partial charge is 0.266 e. The van der Waals surface area contributed by atoms with Crippen molar-refractivity contribution in [1.82, 2.24) is 10.2 Å². The number of guanidine groups is 1. The van der Waals surface area contributed by atoms with E-state index >= 15 is 0 Å². The number of benzene rings is 2. The lowest BCUT2D eigenvalue weighted by Gasteiger charge is -2.26. The van der Waals surface area contributed by atoms with E-state index in [0.29, 0.717) is 19.4 Å². The summed E-state index contributed by atoms with van der Waals surface area (Å²) in [7, 11) is 1.64. The molecule has 1 unspecified atom stereocenters. The Morgan fingerprint density at radius 3 is 2.50 bits per heavy atom. The Labute approximate surface area is 165 Å². The molecule has 0 radical (unpaired) electrons. The predicted molar refractivity (Wildman–Crippen MR) is 110 cm³/mol. The van der Waals surface area contributed by atoms with E-state index in [-0.39, 0.29) is 17.8 Å². The number of likely N-dealkylation sites (N-methyl/N-ethyl adjacent to an activating group) is 1. The number of carbonyl (C=O) groups excluding carboxylic acids is 2. The van der Waals surface area contributed by atoms with Gasteiger partial charge >= 0.3 is 0 Å². The van der Waals surface area contributed by atoms with Crippen LogP contribution in [0.1, 0.15) is 36.5 Å². The molecule has 3 N–H and O–H groups in total. The van der Waals surface area contributed by atoms with Crippen LogP contribution in [0.25, 0.3) is 0 Å². The van der Waals surface area contributed by atoms with Crippen LogP contribution in [0.3, 0.4) is 0 Å². The highest BCUT2D eigenvalue weighted by Gasteiger charge is 2.49. The SMILES string of the molecule is CCCC(=O)NCCc1cccc(C2(c3ccccc3)N=C(N)N(C)C2=O)c1. The summed E-state index contributed by atoms with van der Waals surface area (Å²) < 4.78 is 0. The molecular formula is C22H26N4O2. The van der Waals surface area contributed by atoms with Crippen molar-refractivity contribution in [3.63, 3.8) is 0 Å². The van der Waals surface area contributed by atoms with Crippen LogP contribution in [-0.4, -0.2) is 36.3 Å². The molecule has 6 nitrogen and oxygen atoms in total. The minimum Gasteiger partial charge on any atom is -0.369 e. The van der Waals surface area contributed by atoms with Crippen LogP contribution in [0.15, 0.2) is 59.6 Å². The second-order valence-electron chi connectivity index (χ2n) is 6.96. The van der Waals surface area contributed by atoms with Crippen molar-refractivity contribution >= 4 is 17.8 Å². The van der Waals surface area contributed by atoms with E-state index < -0.39 is 5.54 Å². The Morgan fingerprint density at radius 2 is 1.86 bits per heavy atom. The van der Waals surface area contributed by atoms with Crippen LogP contribution >= 0.6 is 0 Å². The first-order valence-corrected chi connectivity index (χ1v) is 9.54. The Hall–Kier alpha value is -3.15. The normalized spacial score (nSPS) is 18.9. The van der Waals surface area contributed by atoms with Crippen molar-refractivity contribution in [2.75, 3.05) is 13.6 Å². The van der Waals surface area contributed by atoms with Gasteiger partial charge in [0.25, 0.3) is 5.91 Å². The van der Waals surface area contributed by atoms with Crippen LogP contribution in [0, 0.1) is 0 Å². The third-order valence-corrected chi connectivity index (χ3v) is 4.99. The van der Waals surface area contributed by atoms with Gasteiger partial charge in [-0.25, -0.2) is 4.99 Å². The van der Waals surface area contributed by atoms with Crippen LogP contribution in [-0.2, 0) is 21.5 Å². The number of nitrogens with two attached hydrogens (primary N) is 1. The van der Waals surface area contributed by atoms with Gasteiger partial charge < -0.3 is 11.1 Å². The van der Waals surface area contributed by atoms with Crippen molar-refractivity contribution < 1.29 is 9.59 Å². The monoisotopic (exact) mass is 378 g/mol. The second kappa shape index (κ2) is 8.25. The lowest BCUT2D eigenvalue weighted by Crippen LogP contribution is -2.41. The molecule has 1 aliphatic heterocycles. The first-order chi connectivity index (χ1) is 13.5. The fourth-order valence-electron chi connectivity index (χ4n) is 3.48. The maximum absolute atomic E-state index is 13.2. The van der Waals surface area contributed by atoms with Gasteiger partial charge in [0.2, 0.25) is 5.91 Å². The van der Waals surface area contributed by atoms with Gasteiger partial charge in [-0.2, -0.15) is 0 Å². The molecular weight excluding hydrogens is 352 g/mol. The lowest BCUT2D eigenvalue weighted by atomic mass is 9.82. The van der Waals surface area contributed by atoms with Crippen LogP contribution < -0.4 is 11.1 Å². The molecule has 146 valence electrons. The highest BCUT2D eigenvalue weighted by molar-refractivity contribution is 6.08. The molecule has 0 fully saturated rings. The molecule has 0 saturated carbocycles. The number of amides is 2. The van der Waals surface area contributed by atoms with Gasteiger partial charge in [0.15, 0.2) is 11.5 Å². The van der Waals surface area contributed by atoms with Crippen LogP contribution in [0.2, 0.25) is 0 Å². The van der Waals surface area contributed by atoms with Gasteiger partial charge in [0.05, 0.1) is 0 Å². The molecule has 2 amide bonds. The zero-order valence-corrected chi connectivity index (χ0v) is 16.3.